The highest BCUT2D eigenvalue weighted by molar-refractivity contribution is 9.10. The van der Waals surface area contributed by atoms with Gasteiger partial charge in [0.2, 0.25) is 6.54 Å². The van der Waals surface area contributed by atoms with Crippen molar-refractivity contribution in [2.24, 2.45) is 0 Å². The van der Waals surface area contributed by atoms with Crippen LogP contribution in [-0.4, -0.2) is 21.4 Å². The number of halogens is 1. The van der Waals surface area contributed by atoms with Crippen LogP contribution >= 0.6 is 15.9 Å². The van der Waals surface area contributed by atoms with Gasteiger partial charge in [0.25, 0.3) is 0 Å². The maximum absolute atomic E-state index is 9.98. The summed E-state index contributed by atoms with van der Waals surface area (Å²) in [5.74, 6) is 0.495. The van der Waals surface area contributed by atoms with E-state index in [0.29, 0.717) is 5.82 Å². The second kappa shape index (κ2) is 4.10. The van der Waals surface area contributed by atoms with E-state index < -0.39 is 0 Å². The van der Waals surface area contributed by atoms with Crippen LogP contribution in [0.1, 0.15) is 5.82 Å². The minimum atomic E-state index is -0.384. The highest BCUT2D eigenvalue weighted by atomic mass is 79.9. The molecule has 0 radical (unpaired) electrons. The van der Waals surface area contributed by atoms with Crippen molar-refractivity contribution < 1.29 is 4.92 Å². The molecule has 6 heteroatoms. The van der Waals surface area contributed by atoms with E-state index in [4.69, 9.17) is 0 Å². The minimum Gasteiger partial charge on any atom is -0.265 e. The molecule has 64 valence electrons. The number of nitro groups is 1. The average molecular weight is 232 g/mol. The van der Waals surface area contributed by atoms with E-state index in [2.05, 4.69) is 25.9 Å². The van der Waals surface area contributed by atoms with Crippen LogP contribution in [0.5, 0.6) is 0 Å². The molecule has 1 heterocycles. The lowest BCUT2D eigenvalue weighted by molar-refractivity contribution is -0.479. The lowest BCUT2D eigenvalue weighted by atomic mass is 10.4. The average Bonchev–Trinajstić information content (AvgIpc) is 2.03. The Kier molecular flexibility index (Phi) is 3.09. The van der Waals surface area contributed by atoms with Crippen LogP contribution in [0.25, 0.3) is 0 Å². The summed E-state index contributed by atoms with van der Waals surface area (Å²) in [6.07, 6.45) is 3.42. The van der Waals surface area contributed by atoms with Crippen molar-refractivity contribution in [3.05, 3.63) is 32.8 Å². The molecule has 0 fully saturated rings. The predicted octanol–water partition coefficient (Wildman–Crippen LogP) is 1.06. The Labute approximate surface area is 77.1 Å². The molecule has 0 spiro atoms. The van der Waals surface area contributed by atoms with Crippen LogP contribution in [-0.2, 0) is 6.42 Å². The van der Waals surface area contributed by atoms with E-state index in [0.717, 1.165) is 4.47 Å². The van der Waals surface area contributed by atoms with Crippen molar-refractivity contribution in [1.29, 1.82) is 0 Å². The molecule has 0 aliphatic heterocycles. The Hall–Kier alpha value is -1.04. The van der Waals surface area contributed by atoms with Crippen LogP contribution < -0.4 is 0 Å². The lowest BCUT2D eigenvalue weighted by Crippen LogP contribution is -2.06. The summed E-state index contributed by atoms with van der Waals surface area (Å²) >= 11 is 3.17. The van der Waals surface area contributed by atoms with Crippen molar-refractivity contribution in [3.8, 4) is 0 Å². The first-order valence-electron chi connectivity index (χ1n) is 3.26. The molecular weight excluding hydrogens is 226 g/mol. The van der Waals surface area contributed by atoms with Gasteiger partial charge in [-0.15, -0.1) is 0 Å². The molecule has 12 heavy (non-hydrogen) atoms. The monoisotopic (exact) mass is 231 g/mol. The molecule has 0 bridgehead atoms. The van der Waals surface area contributed by atoms with E-state index in [1.165, 1.54) is 0 Å². The van der Waals surface area contributed by atoms with Crippen LogP contribution in [0.2, 0.25) is 0 Å². The molecular formula is C6H6BrN3O2. The zero-order valence-corrected chi connectivity index (χ0v) is 7.69. The Bertz CT molecular complexity index is 275. The van der Waals surface area contributed by atoms with Gasteiger partial charge >= 0.3 is 0 Å². The van der Waals surface area contributed by atoms with Gasteiger partial charge in [-0.3, -0.25) is 10.1 Å². The summed E-state index contributed by atoms with van der Waals surface area (Å²) in [4.78, 5) is 17.4. The largest absolute Gasteiger partial charge is 0.265 e. The maximum atomic E-state index is 9.98. The van der Waals surface area contributed by atoms with Crippen LogP contribution in [0.15, 0.2) is 16.9 Å². The fourth-order valence-electron chi connectivity index (χ4n) is 0.659. The second-order valence-corrected chi connectivity index (χ2v) is 3.04. The summed E-state index contributed by atoms with van der Waals surface area (Å²) in [5, 5.41) is 9.98. The van der Waals surface area contributed by atoms with E-state index in [9.17, 15) is 10.1 Å². The molecule has 1 aromatic heterocycles. The van der Waals surface area contributed by atoms with Gasteiger partial charge in [-0.25, -0.2) is 9.97 Å². The summed E-state index contributed by atoms with van der Waals surface area (Å²) in [6, 6.07) is 0. The molecule has 1 aromatic rings. The highest BCUT2D eigenvalue weighted by Crippen LogP contribution is 2.04. The van der Waals surface area contributed by atoms with Gasteiger partial charge in [0.1, 0.15) is 5.82 Å². The summed E-state index contributed by atoms with van der Waals surface area (Å²) in [6.45, 7) is -0.123. The normalized spacial score (nSPS) is 9.75. The predicted molar refractivity (Wildman–Crippen MR) is 45.3 cm³/mol. The van der Waals surface area contributed by atoms with Gasteiger partial charge in [0, 0.05) is 17.3 Å². The lowest BCUT2D eigenvalue weighted by Gasteiger charge is -1.94. The third-order valence-corrected chi connectivity index (χ3v) is 1.60. The first kappa shape index (κ1) is 9.05. The van der Waals surface area contributed by atoms with Gasteiger partial charge in [0.15, 0.2) is 0 Å². The number of hydrogen-bond donors (Lipinski definition) is 0. The number of aromatic nitrogens is 2. The van der Waals surface area contributed by atoms with Crippen molar-refractivity contribution in [2.45, 2.75) is 6.42 Å². The summed E-state index contributed by atoms with van der Waals surface area (Å²) < 4.78 is 0.771. The van der Waals surface area contributed by atoms with Gasteiger partial charge in [-0.1, -0.05) is 0 Å². The molecule has 0 aliphatic rings. The van der Waals surface area contributed by atoms with Gasteiger partial charge < -0.3 is 0 Å². The topological polar surface area (TPSA) is 68.9 Å². The quantitative estimate of drug-likeness (QED) is 0.577. The second-order valence-electron chi connectivity index (χ2n) is 2.12. The van der Waals surface area contributed by atoms with E-state index >= 15 is 0 Å². The van der Waals surface area contributed by atoms with Gasteiger partial charge in [0.05, 0.1) is 10.9 Å². The van der Waals surface area contributed by atoms with Gasteiger partial charge in [-0.05, 0) is 15.9 Å². The molecule has 0 aromatic carbocycles. The van der Waals surface area contributed by atoms with Crippen molar-refractivity contribution >= 4 is 15.9 Å². The van der Waals surface area contributed by atoms with Crippen LogP contribution in [0, 0.1) is 10.1 Å². The maximum Gasteiger partial charge on any atom is 0.210 e. The molecule has 1 rings (SSSR count). The molecule has 0 unspecified atom stereocenters. The highest BCUT2D eigenvalue weighted by Gasteiger charge is 2.01. The van der Waals surface area contributed by atoms with Gasteiger partial charge in [-0.2, -0.15) is 0 Å². The van der Waals surface area contributed by atoms with E-state index in [1.807, 2.05) is 0 Å². The standard InChI is InChI=1S/C6H6BrN3O2/c7-5-3-8-6(9-4-5)1-2-10(11)12/h3-4H,1-2H2. The molecule has 0 saturated carbocycles. The first-order valence-corrected chi connectivity index (χ1v) is 4.06. The Morgan fingerprint density at radius 1 is 1.50 bits per heavy atom. The Morgan fingerprint density at radius 2 is 2.08 bits per heavy atom. The van der Waals surface area contributed by atoms with Crippen molar-refractivity contribution in [1.82, 2.24) is 9.97 Å². The SMILES string of the molecule is O=[N+]([O-])CCc1ncc(Br)cn1. The zero-order valence-electron chi connectivity index (χ0n) is 6.11. The van der Waals surface area contributed by atoms with E-state index in [-0.39, 0.29) is 17.9 Å². The minimum absolute atomic E-state index is 0.123. The summed E-state index contributed by atoms with van der Waals surface area (Å²) in [5.41, 5.74) is 0. The number of rotatable bonds is 3. The van der Waals surface area contributed by atoms with Crippen LogP contribution in [0.4, 0.5) is 0 Å². The molecule has 0 saturated heterocycles. The third kappa shape index (κ3) is 2.91. The molecule has 5 nitrogen and oxygen atoms in total. The van der Waals surface area contributed by atoms with Crippen molar-refractivity contribution in [3.63, 3.8) is 0 Å². The Morgan fingerprint density at radius 3 is 2.58 bits per heavy atom. The zero-order chi connectivity index (χ0) is 8.97. The Balaban J connectivity index is 2.53. The number of nitrogens with zero attached hydrogens (tertiary/aromatic N) is 3. The first-order chi connectivity index (χ1) is 5.68. The number of hydrogen-bond acceptors (Lipinski definition) is 4. The third-order valence-electron chi connectivity index (χ3n) is 1.19. The fraction of sp³-hybridized carbons (Fsp3) is 0.333. The summed E-state index contributed by atoms with van der Waals surface area (Å²) in [7, 11) is 0. The van der Waals surface area contributed by atoms with E-state index in [1.54, 1.807) is 12.4 Å². The fourth-order valence-corrected chi connectivity index (χ4v) is 0.864. The molecule has 0 aliphatic carbocycles. The van der Waals surface area contributed by atoms with Crippen LogP contribution in [0.3, 0.4) is 0 Å². The molecule has 0 atom stereocenters. The molecule has 0 amide bonds. The molecule has 0 N–H and O–H groups in total. The smallest absolute Gasteiger partial charge is 0.210 e. The van der Waals surface area contributed by atoms with Crippen molar-refractivity contribution in [2.75, 3.05) is 6.54 Å².